The number of aryl methyl sites for hydroxylation is 1. The third-order valence-electron chi connectivity index (χ3n) is 3.71. The van der Waals surface area contributed by atoms with Crippen molar-refractivity contribution in [3.63, 3.8) is 0 Å². The van der Waals surface area contributed by atoms with E-state index in [0.717, 1.165) is 12.0 Å². The normalized spacial score (nSPS) is 21.6. The van der Waals surface area contributed by atoms with Gasteiger partial charge in [-0.15, -0.1) is 0 Å². The second-order valence-electron chi connectivity index (χ2n) is 4.99. The number of rotatable bonds is 2. The van der Waals surface area contributed by atoms with Crippen LogP contribution in [0.5, 0.6) is 5.75 Å². The Balaban J connectivity index is 2.45. The van der Waals surface area contributed by atoms with Gasteiger partial charge in [-0.05, 0) is 47.9 Å². The van der Waals surface area contributed by atoms with Crippen LogP contribution in [-0.2, 0) is 6.42 Å². The highest BCUT2D eigenvalue weighted by Gasteiger charge is 2.20. The lowest BCUT2D eigenvalue weighted by Gasteiger charge is -2.24. The van der Waals surface area contributed by atoms with Crippen LogP contribution in [0.1, 0.15) is 55.2 Å². The van der Waals surface area contributed by atoms with Crippen molar-refractivity contribution in [2.45, 2.75) is 44.9 Å². The smallest absolute Gasteiger partial charge is 0.119 e. The van der Waals surface area contributed by atoms with Crippen LogP contribution in [-0.4, -0.2) is 16.8 Å². The Morgan fingerprint density at radius 3 is 2.88 bits per heavy atom. The molecule has 0 bridgehead atoms. The van der Waals surface area contributed by atoms with Gasteiger partial charge in [0.25, 0.3) is 0 Å². The summed E-state index contributed by atoms with van der Waals surface area (Å²) in [4.78, 5) is 0. The van der Waals surface area contributed by atoms with Crippen LogP contribution in [0.3, 0.4) is 0 Å². The molecule has 16 heavy (non-hydrogen) atoms. The third-order valence-corrected chi connectivity index (χ3v) is 3.71. The molecule has 0 saturated heterocycles. The number of phenols is 1. The molecule has 0 heterocycles. The highest BCUT2D eigenvalue weighted by Crippen LogP contribution is 2.37. The van der Waals surface area contributed by atoms with E-state index in [1.165, 1.54) is 24.0 Å². The van der Waals surface area contributed by atoms with Gasteiger partial charge in [-0.2, -0.15) is 0 Å². The number of hydrogen-bond donors (Lipinski definition) is 2. The summed E-state index contributed by atoms with van der Waals surface area (Å²) in [6.45, 7) is 4.26. The zero-order valence-corrected chi connectivity index (χ0v) is 10.0. The molecule has 2 unspecified atom stereocenters. The zero-order chi connectivity index (χ0) is 11.7. The van der Waals surface area contributed by atoms with Gasteiger partial charge < -0.3 is 10.2 Å². The van der Waals surface area contributed by atoms with Gasteiger partial charge in [0.1, 0.15) is 5.75 Å². The van der Waals surface area contributed by atoms with Crippen LogP contribution in [0, 0.1) is 0 Å². The van der Waals surface area contributed by atoms with Gasteiger partial charge in [-0.3, -0.25) is 0 Å². The minimum Gasteiger partial charge on any atom is -0.508 e. The van der Waals surface area contributed by atoms with E-state index >= 15 is 0 Å². The first-order valence-corrected chi connectivity index (χ1v) is 6.10. The van der Waals surface area contributed by atoms with Crippen LogP contribution < -0.4 is 0 Å². The van der Waals surface area contributed by atoms with Gasteiger partial charge in [0.2, 0.25) is 0 Å². The lowest BCUT2D eigenvalue weighted by molar-refractivity contribution is 0.270. The Kier molecular flexibility index (Phi) is 3.20. The number of aliphatic hydroxyl groups excluding tert-OH is 1. The van der Waals surface area contributed by atoms with Gasteiger partial charge in [-0.25, -0.2) is 0 Å². The van der Waals surface area contributed by atoms with E-state index in [1.807, 2.05) is 13.0 Å². The van der Waals surface area contributed by atoms with Gasteiger partial charge in [0, 0.05) is 12.5 Å². The zero-order valence-electron chi connectivity index (χ0n) is 10.0. The van der Waals surface area contributed by atoms with Crippen LogP contribution in [0.4, 0.5) is 0 Å². The summed E-state index contributed by atoms with van der Waals surface area (Å²) < 4.78 is 0. The first kappa shape index (κ1) is 11.5. The molecule has 2 N–H and O–H groups in total. The summed E-state index contributed by atoms with van der Waals surface area (Å²) in [5, 5.41) is 19.1. The Bertz CT molecular complexity index is 385. The Morgan fingerprint density at radius 2 is 2.19 bits per heavy atom. The maximum atomic E-state index is 9.94. The predicted octanol–water partition coefficient (Wildman–Crippen LogP) is 2.93. The first-order chi connectivity index (χ1) is 7.63. The van der Waals surface area contributed by atoms with E-state index in [4.69, 9.17) is 0 Å². The van der Waals surface area contributed by atoms with E-state index < -0.39 is 0 Å². The summed E-state index contributed by atoms with van der Waals surface area (Å²) >= 11 is 0. The van der Waals surface area contributed by atoms with Gasteiger partial charge >= 0.3 is 0 Å². The molecule has 0 fully saturated rings. The monoisotopic (exact) mass is 220 g/mol. The standard InChI is InChI=1S/C14H20O2/c1-9-4-3-5-11-6-14(16)13(7-12(9)11)10(2)8-15/h6-7,9-10,15-16H,3-5,8H2,1-2H3. The van der Waals surface area contributed by atoms with Gasteiger partial charge in [0.15, 0.2) is 0 Å². The molecule has 1 aliphatic rings. The number of fused-ring (bicyclic) bond motifs is 1. The average Bonchev–Trinajstić information content (AvgIpc) is 2.28. The molecule has 2 heteroatoms. The van der Waals surface area contributed by atoms with Crippen molar-refractivity contribution in [1.82, 2.24) is 0 Å². The van der Waals surface area contributed by atoms with E-state index in [0.29, 0.717) is 11.7 Å². The van der Waals surface area contributed by atoms with E-state index in [9.17, 15) is 10.2 Å². The van der Waals surface area contributed by atoms with Crippen molar-refractivity contribution >= 4 is 0 Å². The number of phenolic OH excluding ortho intramolecular Hbond substituents is 1. The van der Waals surface area contributed by atoms with Gasteiger partial charge in [-0.1, -0.05) is 19.9 Å². The molecule has 0 aromatic heterocycles. The van der Waals surface area contributed by atoms with E-state index in [1.54, 1.807) is 0 Å². The van der Waals surface area contributed by atoms with E-state index in [2.05, 4.69) is 13.0 Å². The molecule has 1 aliphatic carbocycles. The van der Waals surface area contributed by atoms with Crippen LogP contribution in [0.2, 0.25) is 0 Å². The SMILES string of the molecule is CC(CO)c1cc2c(cc1O)CCCC2C. The molecule has 0 saturated carbocycles. The molecule has 1 aromatic rings. The summed E-state index contributed by atoms with van der Waals surface area (Å²) in [6.07, 6.45) is 3.51. The van der Waals surface area contributed by atoms with Crippen LogP contribution in [0.25, 0.3) is 0 Å². The largest absolute Gasteiger partial charge is 0.508 e. The topological polar surface area (TPSA) is 40.5 Å². The summed E-state index contributed by atoms with van der Waals surface area (Å²) in [7, 11) is 0. The number of benzene rings is 1. The molecule has 0 radical (unpaired) electrons. The number of hydrogen-bond acceptors (Lipinski definition) is 2. The maximum absolute atomic E-state index is 9.94. The molecule has 0 aliphatic heterocycles. The van der Waals surface area contributed by atoms with Crippen molar-refractivity contribution in [2.24, 2.45) is 0 Å². The highest BCUT2D eigenvalue weighted by molar-refractivity contribution is 5.46. The third kappa shape index (κ3) is 1.94. The molecule has 2 nitrogen and oxygen atoms in total. The van der Waals surface area contributed by atoms with Crippen molar-refractivity contribution in [1.29, 1.82) is 0 Å². The minimum atomic E-state index is 0.0134. The molecule has 88 valence electrons. The minimum absolute atomic E-state index is 0.0134. The molecule has 0 spiro atoms. The molecule has 2 rings (SSSR count). The number of aliphatic hydroxyl groups is 1. The Hall–Kier alpha value is -1.02. The fourth-order valence-electron chi connectivity index (χ4n) is 2.59. The van der Waals surface area contributed by atoms with E-state index in [-0.39, 0.29) is 12.5 Å². The summed E-state index contributed by atoms with van der Waals surface area (Å²) in [6, 6.07) is 3.99. The molecule has 1 aromatic carbocycles. The molecule has 2 atom stereocenters. The molecule has 0 amide bonds. The van der Waals surface area contributed by atoms with Crippen LogP contribution >= 0.6 is 0 Å². The fraction of sp³-hybridized carbons (Fsp3) is 0.571. The first-order valence-electron chi connectivity index (χ1n) is 6.10. The van der Waals surface area contributed by atoms with Crippen molar-refractivity contribution < 1.29 is 10.2 Å². The lowest BCUT2D eigenvalue weighted by atomic mass is 9.81. The highest BCUT2D eigenvalue weighted by atomic mass is 16.3. The average molecular weight is 220 g/mol. The van der Waals surface area contributed by atoms with Crippen molar-refractivity contribution in [2.75, 3.05) is 6.61 Å². The summed E-state index contributed by atoms with van der Waals surface area (Å²) in [5.74, 6) is 0.933. The van der Waals surface area contributed by atoms with Crippen molar-refractivity contribution in [3.05, 3.63) is 28.8 Å². The fourth-order valence-corrected chi connectivity index (χ4v) is 2.59. The molecular formula is C14H20O2. The maximum Gasteiger partial charge on any atom is 0.119 e. The quantitative estimate of drug-likeness (QED) is 0.804. The second-order valence-corrected chi connectivity index (χ2v) is 4.99. The Labute approximate surface area is 96.9 Å². The molecular weight excluding hydrogens is 200 g/mol. The summed E-state index contributed by atoms with van der Waals surface area (Å²) in [5.41, 5.74) is 3.53. The lowest BCUT2D eigenvalue weighted by Crippen LogP contribution is -2.09. The Morgan fingerprint density at radius 1 is 1.44 bits per heavy atom. The predicted molar refractivity (Wildman–Crippen MR) is 65.0 cm³/mol. The van der Waals surface area contributed by atoms with Crippen LogP contribution in [0.15, 0.2) is 12.1 Å². The van der Waals surface area contributed by atoms with Crippen molar-refractivity contribution in [3.8, 4) is 5.75 Å². The van der Waals surface area contributed by atoms with Gasteiger partial charge in [0.05, 0.1) is 0 Å². The second kappa shape index (κ2) is 4.46. The number of aromatic hydroxyl groups is 1.